The molecule has 0 bridgehead atoms. The SMILES string of the molecule is COc1cccc(C(=N)C(=O)O)c1N. The van der Waals surface area contributed by atoms with Crippen LogP contribution in [0.15, 0.2) is 18.2 Å². The van der Waals surface area contributed by atoms with Gasteiger partial charge in [-0.15, -0.1) is 0 Å². The monoisotopic (exact) mass is 194 g/mol. The Hall–Kier alpha value is -2.04. The maximum atomic E-state index is 10.5. The summed E-state index contributed by atoms with van der Waals surface area (Å²) in [4.78, 5) is 10.5. The van der Waals surface area contributed by atoms with E-state index in [9.17, 15) is 4.79 Å². The summed E-state index contributed by atoms with van der Waals surface area (Å²) in [6.07, 6.45) is 0. The van der Waals surface area contributed by atoms with Crippen molar-refractivity contribution in [2.45, 2.75) is 0 Å². The number of aliphatic carboxylic acids is 1. The highest BCUT2D eigenvalue weighted by Crippen LogP contribution is 2.24. The number of ether oxygens (including phenoxy) is 1. The van der Waals surface area contributed by atoms with Crippen molar-refractivity contribution in [2.24, 2.45) is 0 Å². The topological polar surface area (TPSA) is 96.4 Å². The first-order valence-corrected chi connectivity index (χ1v) is 3.82. The highest BCUT2D eigenvalue weighted by Gasteiger charge is 2.15. The predicted octanol–water partition coefficient (Wildman–Crippen LogP) is 0.730. The number of nitrogen functional groups attached to an aromatic ring is 1. The number of nitrogens with one attached hydrogen (secondary N) is 1. The zero-order valence-electron chi connectivity index (χ0n) is 7.57. The molecule has 74 valence electrons. The Bertz CT molecular complexity index is 388. The number of carboxylic acid groups (broad SMARTS) is 1. The minimum absolute atomic E-state index is 0.164. The lowest BCUT2D eigenvalue weighted by Crippen LogP contribution is -2.15. The number of para-hydroxylation sites is 1. The molecule has 1 aromatic carbocycles. The van der Waals surface area contributed by atoms with Crippen molar-refractivity contribution in [2.75, 3.05) is 12.8 Å². The van der Waals surface area contributed by atoms with Crippen LogP contribution in [0.25, 0.3) is 0 Å². The lowest BCUT2D eigenvalue weighted by Gasteiger charge is -2.08. The van der Waals surface area contributed by atoms with Crippen LogP contribution in [-0.2, 0) is 4.79 Å². The fourth-order valence-corrected chi connectivity index (χ4v) is 1.06. The Labute approximate surface area is 80.6 Å². The van der Waals surface area contributed by atoms with E-state index in [1.807, 2.05) is 0 Å². The van der Waals surface area contributed by atoms with Gasteiger partial charge in [0.25, 0.3) is 0 Å². The number of benzene rings is 1. The van der Waals surface area contributed by atoms with E-state index >= 15 is 0 Å². The van der Waals surface area contributed by atoms with E-state index in [-0.39, 0.29) is 11.3 Å². The van der Waals surface area contributed by atoms with Crippen LogP contribution in [0, 0.1) is 5.41 Å². The van der Waals surface area contributed by atoms with Crippen molar-refractivity contribution in [3.8, 4) is 5.75 Å². The van der Waals surface area contributed by atoms with Crippen molar-refractivity contribution in [3.63, 3.8) is 0 Å². The van der Waals surface area contributed by atoms with Gasteiger partial charge in [0.15, 0.2) is 0 Å². The molecule has 5 heteroatoms. The Balaban J connectivity index is 3.22. The van der Waals surface area contributed by atoms with E-state index in [0.717, 1.165) is 0 Å². The summed E-state index contributed by atoms with van der Waals surface area (Å²) in [5.74, 6) is -0.946. The average molecular weight is 194 g/mol. The number of carbonyl (C=O) groups is 1. The third kappa shape index (κ3) is 1.66. The second kappa shape index (κ2) is 3.78. The van der Waals surface area contributed by atoms with Gasteiger partial charge in [-0.3, -0.25) is 5.41 Å². The summed E-state index contributed by atoms with van der Waals surface area (Å²) >= 11 is 0. The van der Waals surface area contributed by atoms with Gasteiger partial charge in [-0.1, -0.05) is 12.1 Å². The molecule has 0 aromatic heterocycles. The fraction of sp³-hybridized carbons (Fsp3) is 0.111. The van der Waals surface area contributed by atoms with Crippen LogP contribution in [0.3, 0.4) is 0 Å². The molecule has 0 aliphatic heterocycles. The minimum atomic E-state index is -1.31. The molecule has 0 aliphatic rings. The van der Waals surface area contributed by atoms with Crippen LogP contribution in [0.2, 0.25) is 0 Å². The quantitative estimate of drug-likeness (QED) is 0.488. The summed E-state index contributed by atoms with van der Waals surface area (Å²) in [5, 5.41) is 15.9. The van der Waals surface area contributed by atoms with Crippen molar-refractivity contribution < 1.29 is 14.6 Å². The van der Waals surface area contributed by atoms with E-state index in [1.54, 1.807) is 12.1 Å². The fourth-order valence-electron chi connectivity index (χ4n) is 1.06. The first kappa shape index (κ1) is 10.0. The number of nitrogens with two attached hydrogens (primary N) is 1. The molecule has 1 rings (SSSR count). The smallest absolute Gasteiger partial charge is 0.354 e. The number of carboxylic acids is 1. The molecule has 5 nitrogen and oxygen atoms in total. The van der Waals surface area contributed by atoms with Gasteiger partial charge in [-0.05, 0) is 6.07 Å². The normalized spacial score (nSPS) is 9.50. The highest BCUT2D eigenvalue weighted by atomic mass is 16.5. The molecule has 0 saturated carbocycles. The lowest BCUT2D eigenvalue weighted by atomic mass is 10.1. The average Bonchev–Trinajstić information content (AvgIpc) is 2.17. The summed E-state index contributed by atoms with van der Waals surface area (Å²) in [6, 6.07) is 4.66. The van der Waals surface area contributed by atoms with Crippen molar-refractivity contribution in [3.05, 3.63) is 23.8 Å². The molecule has 0 fully saturated rings. The van der Waals surface area contributed by atoms with Gasteiger partial charge in [0.2, 0.25) is 0 Å². The van der Waals surface area contributed by atoms with E-state index in [2.05, 4.69) is 0 Å². The number of hydrogen-bond donors (Lipinski definition) is 3. The second-order valence-electron chi connectivity index (χ2n) is 2.60. The summed E-state index contributed by atoms with van der Waals surface area (Å²) < 4.78 is 4.90. The number of rotatable bonds is 3. The number of methoxy groups -OCH3 is 1. The number of hydrogen-bond acceptors (Lipinski definition) is 4. The molecule has 1 aromatic rings. The van der Waals surface area contributed by atoms with Crippen LogP contribution in [0.4, 0.5) is 5.69 Å². The predicted molar refractivity (Wildman–Crippen MR) is 51.9 cm³/mol. The minimum Gasteiger partial charge on any atom is -0.495 e. The molecular weight excluding hydrogens is 184 g/mol. The lowest BCUT2D eigenvalue weighted by molar-refractivity contribution is -0.129. The van der Waals surface area contributed by atoms with Crippen molar-refractivity contribution in [1.29, 1.82) is 5.41 Å². The molecular formula is C9H10N2O3. The maximum absolute atomic E-state index is 10.5. The molecule has 0 spiro atoms. The molecule has 0 heterocycles. The van der Waals surface area contributed by atoms with E-state index < -0.39 is 11.7 Å². The Morgan fingerprint density at radius 3 is 2.71 bits per heavy atom. The second-order valence-corrected chi connectivity index (χ2v) is 2.60. The van der Waals surface area contributed by atoms with Crippen molar-refractivity contribution >= 4 is 17.4 Å². The molecule has 0 saturated heterocycles. The van der Waals surface area contributed by atoms with E-state index in [4.69, 9.17) is 21.0 Å². The zero-order valence-corrected chi connectivity index (χ0v) is 7.57. The van der Waals surface area contributed by atoms with E-state index in [0.29, 0.717) is 5.75 Å². The van der Waals surface area contributed by atoms with Gasteiger partial charge in [0.1, 0.15) is 11.5 Å². The first-order valence-electron chi connectivity index (χ1n) is 3.82. The summed E-state index contributed by atoms with van der Waals surface area (Å²) in [5.41, 5.74) is 5.40. The zero-order chi connectivity index (χ0) is 10.7. The van der Waals surface area contributed by atoms with E-state index in [1.165, 1.54) is 13.2 Å². The molecule has 0 atom stereocenters. The van der Waals surface area contributed by atoms with Crippen molar-refractivity contribution in [1.82, 2.24) is 0 Å². The Kier molecular flexibility index (Phi) is 2.71. The Morgan fingerprint density at radius 2 is 2.21 bits per heavy atom. The van der Waals surface area contributed by atoms with Crippen LogP contribution >= 0.6 is 0 Å². The summed E-state index contributed by atoms with van der Waals surface area (Å²) in [7, 11) is 1.43. The molecule has 14 heavy (non-hydrogen) atoms. The van der Waals surface area contributed by atoms with Gasteiger partial charge >= 0.3 is 5.97 Å². The van der Waals surface area contributed by atoms with Crippen LogP contribution in [-0.4, -0.2) is 23.9 Å². The highest BCUT2D eigenvalue weighted by molar-refractivity contribution is 6.42. The molecule has 0 amide bonds. The third-order valence-corrected chi connectivity index (χ3v) is 1.77. The maximum Gasteiger partial charge on any atom is 0.354 e. The van der Waals surface area contributed by atoms with Gasteiger partial charge in [-0.2, -0.15) is 0 Å². The molecule has 0 radical (unpaired) electrons. The van der Waals surface area contributed by atoms with Gasteiger partial charge < -0.3 is 15.6 Å². The Morgan fingerprint density at radius 1 is 1.57 bits per heavy atom. The molecule has 0 unspecified atom stereocenters. The first-order chi connectivity index (χ1) is 6.57. The molecule has 4 N–H and O–H groups in total. The number of anilines is 1. The molecule has 0 aliphatic carbocycles. The largest absolute Gasteiger partial charge is 0.495 e. The summed E-state index contributed by atoms with van der Waals surface area (Å²) in [6.45, 7) is 0. The van der Waals surface area contributed by atoms with Crippen LogP contribution in [0.1, 0.15) is 5.56 Å². The van der Waals surface area contributed by atoms with Crippen LogP contribution < -0.4 is 10.5 Å². The standard InChI is InChI=1S/C9H10N2O3/c1-14-6-4-2-3-5(7(6)10)8(11)9(12)13/h2-4,11H,10H2,1H3,(H,12,13). The van der Waals surface area contributed by atoms with Gasteiger partial charge in [0, 0.05) is 5.56 Å². The van der Waals surface area contributed by atoms with Gasteiger partial charge in [0.05, 0.1) is 12.8 Å². The van der Waals surface area contributed by atoms with Crippen LogP contribution in [0.5, 0.6) is 5.75 Å². The third-order valence-electron chi connectivity index (χ3n) is 1.77. The van der Waals surface area contributed by atoms with Gasteiger partial charge in [-0.25, -0.2) is 4.79 Å².